The van der Waals surface area contributed by atoms with E-state index in [9.17, 15) is 4.79 Å². The molecule has 5 heteroatoms. The zero-order valence-electron chi connectivity index (χ0n) is 11.4. The first-order chi connectivity index (χ1) is 9.69. The molecule has 1 amide bonds. The predicted molar refractivity (Wildman–Crippen MR) is 76.4 cm³/mol. The number of amides is 1. The fourth-order valence-electron chi connectivity index (χ4n) is 2.58. The lowest BCUT2D eigenvalue weighted by Gasteiger charge is -2.17. The van der Waals surface area contributed by atoms with Crippen LogP contribution in [0.3, 0.4) is 0 Å². The number of aromatic nitrogens is 1. The molecule has 104 valence electrons. The molecule has 3 rings (SSSR count). The summed E-state index contributed by atoms with van der Waals surface area (Å²) < 4.78 is 5.45. The average Bonchev–Trinajstić information content (AvgIpc) is 2.80. The fraction of sp³-hybridized carbons (Fsp3) is 0.333. The fourth-order valence-corrected chi connectivity index (χ4v) is 2.58. The van der Waals surface area contributed by atoms with Crippen molar-refractivity contribution < 1.29 is 9.32 Å². The highest BCUT2D eigenvalue weighted by atomic mass is 16.5. The Bertz CT molecular complexity index is 661. The van der Waals surface area contributed by atoms with Crippen molar-refractivity contribution in [3.05, 3.63) is 35.0 Å². The van der Waals surface area contributed by atoms with Gasteiger partial charge in [-0.3, -0.25) is 4.79 Å². The van der Waals surface area contributed by atoms with Crippen molar-refractivity contribution in [2.24, 2.45) is 5.73 Å². The van der Waals surface area contributed by atoms with Crippen LogP contribution in [0.1, 0.15) is 23.2 Å². The van der Waals surface area contributed by atoms with Crippen molar-refractivity contribution in [2.45, 2.75) is 26.2 Å². The number of nitrogens with zero attached hydrogens (tertiary/aromatic N) is 1. The van der Waals surface area contributed by atoms with Gasteiger partial charge in [0.2, 0.25) is 5.91 Å². The number of carbonyl (C=O) groups is 1. The van der Waals surface area contributed by atoms with E-state index in [1.165, 1.54) is 0 Å². The average molecular weight is 271 g/mol. The Kier molecular flexibility index (Phi) is 3.28. The Hall–Kier alpha value is -2.14. The van der Waals surface area contributed by atoms with Crippen molar-refractivity contribution in [2.75, 3.05) is 11.9 Å². The van der Waals surface area contributed by atoms with Crippen molar-refractivity contribution in [1.29, 1.82) is 0 Å². The largest absolute Gasteiger partial charge is 0.356 e. The first-order valence-corrected chi connectivity index (χ1v) is 6.77. The lowest BCUT2D eigenvalue weighted by molar-refractivity contribution is -0.116. The summed E-state index contributed by atoms with van der Waals surface area (Å²) in [6, 6.07) is 5.94. The van der Waals surface area contributed by atoms with Crippen LogP contribution in [0.5, 0.6) is 0 Å². The number of benzene rings is 1. The maximum absolute atomic E-state index is 11.4. The first kappa shape index (κ1) is 12.9. The minimum Gasteiger partial charge on any atom is -0.356 e. The molecule has 1 aliphatic heterocycles. The van der Waals surface area contributed by atoms with E-state index in [1.54, 1.807) is 0 Å². The van der Waals surface area contributed by atoms with Gasteiger partial charge in [-0.25, -0.2) is 0 Å². The molecule has 0 aliphatic carbocycles. The molecule has 0 radical (unpaired) electrons. The van der Waals surface area contributed by atoms with Gasteiger partial charge in [0.05, 0.1) is 5.69 Å². The summed E-state index contributed by atoms with van der Waals surface area (Å²) in [5, 5.41) is 6.91. The third-order valence-corrected chi connectivity index (χ3v) is 3.64. The smallest absolute Gasteiger partial charge is 0.224 e. The molecule has 0 fully saturated rings. The molecule has 20 heavy (non-hydrogen) atoms. The lowest BCUT2D eigenvalue weighted by atomic mass is 9.97. The number of carbonyl (C=O) groups excluding carboxylic acids is 1. The van der Waals surface area contributed by atoms with E-state index >= 15 is 0 Å². The van der Waals surface area contributed by atoms with Gasteiger partial charge in [0.1, 0.15) is 0 Å². The summed E-state index contributed by atoms with van der Waals surface area (Å²) in [7, 11) is 0. The second kappa shape index (κ2) is 5.09. The second-order valence-electron chi connectivity index (χ2n) is 5.03. The Morgan fingerprint density at radius 1 is 1.40 bits per heavy atom. The summed E-state index contributed by atoms with van der Waals surface area (Å²) in [4.78, 5) is 11.4. The molecule has 2 aromatic rings. The molecule has 0 saturated carbocycles. The molecular formula is C15H17N3O2. The predicted octanol–water partition coefficient (Wildman–Crippen LogP) is 2.04. The van der Waals surface area contributed by atoms with Gasteiger partial charge in [-0.2, -0.15) is 0 Å². The SMILES string of the molecule is Cc1noc(-c2ccc3c(c2)CCC(=O)N3)c1CCN. The van der Waals surface area contributed by atoms with E-state index in [4.69, 9.17) is 10.3 Å². The van der Waals surface area contributed by atoms with Crippen LogP contribution in [0.15, 0.2) is 22.7 Å². The zero-order chi connectivity index (χ0) is 14.1. The molecule has 2 heterocycles. The summed E-state index contributed by atoms with van der Waals surface area (Å²) >= 11 is 0. The molecule has 0 spiro atoms. The summed E-state index contributed by atoms with van der Waals surface area (Å²) in [6.07, 6.45) is 2.04. The number of nitrogens with two attached hydrogens (primary N) is 1. The van der Waals surface area contributed by atoms with Crippen molar-refractivity contribution in [3.63, 3.8) is 0 Å². The van der Waals surface area contributed by atoms with Gasteiger partial charge in [0, 0.05) is 23.2 Å². The molecule has 0 bridgehead atoms. The van der Waals surface area contributed by atoms with Gasteiger partial charge in [-0.1, -0.05) is 5.16 Å². The van der Waals surface area contributed by atoms with Crippen LogP contribution in [0.25, 0.3) is 11.3 Å². The maximum Gasteiger partial charge on any atom is 0.224 e. The van der Waals surface area contributed by atoms with Gasteiger partial charge in [0.25, 0.3) is 0 Å². The number of hydrogen-bond donors (Lipinski definition) is 2. The van der Waals surface area contributed by atoms with Crippen LogP contribution < -0.4 is 11.1 Å². The summed E-state index contributed by atoms with van der Waals surface area (Å²) in [5.41, 5.74) is 10.6. The Labute approximate surface area is 117 Å². The molecule has 1 aromatic carbocycles. The van der Waals surface area contributed by atoms with E-state index in [0.717, 1.165) is 46.7 Å². The van der Waals surface area contributed by atoms with E-state index in [1.807, 2.05) is 19.1 Å². The minimum absolute atomic E-state index is 0.0737. The highest BCUT2D eigenvalue weighted by Gasteiger charge is 2.18. The first-order valence-electron chi connectivity index (χ1n) is 6.77. The van der Waals surface area contributed by atoms with Crippen molar-refractivity contribution in [3.8, 4) is 11.3 Å². The number of aryl methyl sites for hydroxylation is 2. The Morgan fingerprint density at radius 3 is 3.05 bits per heavy atom. The van der Waals surface area contributed by atoms with E-state index in [2.05, 4.69) is 16.5 Å². The third-order valence-electron chi connectivity index (χ3n) is 3.64. The Morgan fingerprint density at radius 2 is 2.25 bits per heavy atom. The minimum atomic E-state index is 0.0737. The standard InChI is InChI=1S/C15H17N3O2/c1-9-12(6-7-16)15(20-18-9)11-2-4-13-10(8-11)3-5-14(19)17-13/h2,4,8H,3,5-7,16H2,1H3,(H,17,19). The molecule has 1 aliphatic rings. The second-order valence-corrected chi connectivity index (χ2v) is 5.03. The van der Waals surface area contributed by atoms with Crippen molar-refractivity contribution in [1.82, 2.24) is 5.16 Å². The Balaban J connectivity index is 2.01. The van der Waals surface area contributed by atoms with E-state index < -0.39 is 0 Å². The zero-order valence-corrected chi connectivity index (χ0v) is 11.4. The molecule has 0 saturated heterocycles. The number of hydrogen-bond acceptors (Lipinski definition) is 4. The normalized spacial score (nSPS) is 14.0. The van der Waals surface area contributed by atoms with Crippen LogP contribution in [0, 0.1) is 6.92 Å². The van der Waals surface area contributed by atoms with Gasteiger partial charge in [-0.15, -0.1) is 0 Å². The molecule has 3 N–H and O–H groups in total. The lowest BCUT2D eigenvalue weighted by Crippen LogP contribution is -2.18. The molecule has 5 nitrogen and oxygen atoms in total. The number of anilines is 1. The van der Waals surface area contributed by atoms with Gasteiger partial charge < -0.3 is 15.6 Å². The van der Waals surface area contributed by atoms with Crippen LogP contribution >= 0.6 is 0 Å². The number of rotatable bonds is 3. The van der Waals surface area contributed by atoms with Crippen LogP contribution in [-0.4, -0.2) is 17.6 Å². The summed E-state index contributed by atoms with van der Waals surface area (Å²) in [6.45, 7) is 2.49. The number of nitrogens with one attached hydrogen (secondary N) is 1. The van der Waals surface area contributed by atoms with E-state index in [0.29, 0.717) is 13.0 Å². The molecule has 0 unspecified atom stereocenters. The maximum atomic E-state index is 11.4. The van der Waals surface area contributed by atoms with Crippen molar-refractivity contribution >= 4 is 11.6 Å². The van der Waals surface area contributed by atoms with Crippen LogP contribution in [0.4, 0.5) is 5.69 Å². The molecular weight excluding hydrogens is 254 g/mol. The third kappa shape index (κ3) is 2.20. The van der Waals surface area contributed by atoms with Gasteiger partial charge in [0.15, 0.2) is 5.76 Å². The number of fused-ring (bicyclic) bond motifs is 1. The molecule has 1 aromatic heterocycles. The highest BCUT2D eigenvalue weighted by molar-refractivity contribution is 5.94. The topological polar surface area (TPSA) is 81.2 Å². The summed E-state index contributed by atoms with van der Waals surface area (Å²) in [5.74, 6) is 0.859. The van der Waals surface area contributed by atoms with Crippen LogP contribution in [-0.2, 0) is 17.6 Å². The van der Waals surface area contributed by atoms with Gasteiger partial charge >= 0.3 is 0 Å². The van der Waals surface area contributed by atoms with Gasteiger partial charge in [-0.05, 0) is 50.1 Å². The monoisotopic (exact) mass is 271 g/mol. The quantitative estimate of drug-likeness (QED) is 0.895. The highest BCUT2D eigenvalue weighted by Crippen LogP contribution is 2.31. The molecule has 0 atom stereocenters. The van der Waals surface area contributed by atoms with Crippen LogP contribution in [0.2, 0.25) is 0 Å². The van der Waals surface area contributed by atoms with E-state index in [-0.39, 0.29) is 5.91 Å².